The molecule has 440 valence electrons. The lowest BCUT2D eigenvalue weighted by Gasteiger charge is -2.32. The van der Waals surface area contributed by atoms with Crippen molar-refractivity contribution in [1.29, 1.82) is 0 Å². The number of rotatable bonds is 36. The molecule has 20 heteroatoms. The average Bonchev–Trinajstić information content (AvgIpc) is 3.43. The molecule has 0 spiro atoms. The molecule has 78 heavy (non-hydrogen) atoms. The molecule has 9 atom stereocenters. The Kier molecular flexibility index (Phi) is 30.3. The summed E-state index contributed by atoms with van der Waals surface area (Å²) in [6.07, 6.45) is 20.1. The first kappa shape index (κ1) is 65.3. The van der Waals surface area contributed by atoms with Crippen LogP contribution in [0.2, 0.25) is 0 Å². The third-order valence-corrected chi connectivity index (χ3v) is 16.5. The highest BCUT2D eigenvalue weighted by Crippen LogP contribution is 2.30. The highest BCUT2D eigenvalue weighted by atomic mass is 16.4. The van der Waals surface area contributed by atoms with Crippen LogP contribution in [0.4, 0.5) is 0 Å². The van der Waals surface area contributed by atoms with E-state index >= 15 is 0 Å². The first-order chi connectivity index (χ1) is 37.5. The van der Waals surface area contributed by atoms with Crippen LogP contribution in [0.1, 0.15) is 186 Å². The first-order valence-corrected chi connectivity index (χ1v) is 29.8. The number of primary amides is 1. The molecule has 20 nitrogen and oxygen atoms in total. The van der Waals surface area contributed by atoms with E-state index in [2.05, 4.69) is 37.2 Å². The molecule has 0 saturated heterocycles. The number of hydrogen-bond acceptors (Lipinski definition) is 12. The Balaban J connectivity index is 1.57. The molecule has 4 rings (SSSR count). The second-order valence-corrected chi connectivity index (χ2v) is 22.9. The number of amides is 7. The van der Waals surface area contributed by atoms with Crippen molar-refractivity contribution in [2.45, 2.75) is 236 Å². The van der Waals surface area contributed by atoms with Crippen molar-refractivity contribution >= 4 is 47.3 Å². The summed E-state index contributed by atoms with van der Waals surface area (Å²) in [5, 5.41) is 30.5. The lowest BCUT2D eigenvalue weighted by atomic mass is 9.83. The van der Waals surface area contributed by atoms with Crippen LogP contribution in [0.25, 0.3) is 0 Å². The van der Waals surface area contributed by atoms with E-state index in [0.29, 0.717) is 76.8 Å². The van der Waals surface area contributed by atoms with Gasteiger partial charge in [0.15, 0.2) is 0 Å². The SMILES string of the molecule is CC[C@H](C)[C@H](NC(=O)[C@H](CC(N)=O)NC(=O)[C@H](Cc1ccccc1)NC[C@H](CCCCN)NC(=O)[C@H](CC1CCCCC1)NC(=O)[C@H](CC1CCCCC1)NC(=O)[C@@H](N)CC1CCCCC1)C(=O)N[C@@H](CCCCN)C(=O)O. The predicted molar refractivity (Wildman–Crippen MR) is 302 cm³/mol. The number of nitrogens with one attached hydrogen (secondary N) is 7. The van der Waals surface area contributed by atoms with Gasteiger partial charge in [-0.25, -0.2) is 4.79 Å². The van der Waals surface area contributed by atoms with E-state index in [1.807, 2.05) is 30.3 Å². The summed E-state index contributed by atoms with van der Waals surface area (Å²) in [6, 6.07) is 1.13. The van der Waals surface area contributed by atoms with Gasteiger partial charge in [-0.15, -0.1) is 0 Å². The van der Waals surface area contributed by atoms with Crippen molar-refractivity contribution in [2.75, 3.05) is 19.6 Å². The van der Waals surface area contributed by atoms with Gasteiger partial charge in [-0.3, -0.25) is 33.6 Å². The number of unbranched alkanes of at least 4 members (excludes halogenated alkanes) is 2. The number of carbonyl (C=O) groups is 8. The Labute approximate surface area is 464 Å². The Morgan fingerprint density at radius 1 is 0.551 bits per heavy atom. The minimum Gasteiger partial charge on any atom is -0.480 e. The predicted octanol–water partition coefficient (Wildman–Crippen LogP) is 3.60. The van der Waals surface area contributed by atoms with E-state index in [4.69, 9.17) is 22.9 Å². The lowest BCUT2D eigenvalue weighted by molar-refractivity contribution is -0.143. The number of carboxylic acids is 1. The molecule has 1 aromatic rings. The summed E-state index contributed by atoms with van der Waals surface area (Å²) in [7, 11) is 0. The highest BCUT2D eigenvalue weighted by molar-refractivity contribution is 5.96. The molecule has 0 bridgehead atoms. The number of carboxylic acid groups (broad SMARTS) is 1. The van der Waals surface area contributed by atoms with Gasteiger partial charge in [0.25, 0.3) is 0 Å². The third kappa shape index (κ3) is 24.0. The monoisotopic (exact) mass is 1090 g/mol. The molecule has 16 N–H and O–H groups in total. The van der Waals surface area contributed by atoms with Crippen LogP contribution < -0.4 is 60.2 Å². The molecular weight excluding hydrogens is 995 g/mol. The van der Waals surface area contributed by atoms with E-state index in [1.165, 1.54) is 6.42 Å². The van der Waals surface area contributed by atoms with Gasteiger partial charge in [0, 0.05) is 12.6 Å². The van der Waals surface area contributed by atoms with E-state index < -0.39 is 96.2 Å². The minimum absolute atomic E-state index is 0.0868. The van der Waals surface area contributed by atoms with Crippen LogP contribution >= 0.6 is 0 Å². The summed E-state index contributed by atoms with van der Waals surface area (Å²) >= 11 is 0. The topological polar surface area (TPSA) is 345 Å². The zero-order chi connectivity index (χ0) is 56.8. The van der Waals surface area contributed by atoms with Gasteiger partial charge in [-0.1, -0.05) is 153 Å². The largest absolute Gasteiger partial charge is 0.480 e. The Morgan fingerprint density at radius 2 is 1.01 bits per heavy atom. The maximum Gasteiger partial charge on any atom is 0.326 e. The maximum absolute atomic E-state index is 14.8. The number of carbonyl (C=O) groups excluding carboxylic acids is 7. The fourth-order valence-electron chi connectivity index (χ4n) is 11.5. The van der Waals surface area contributed by atoms with Crippen molar-refractivity contribution < 1.29 is 43.5 Å². The van der Waals surface area contributed by atoms with E-state index in [0.717, 1.165) is 95.5 Å². The summed E-state index contributed by atoms with van der Waals surface area (Å²) in [5.41, 5.74) is 24.5. The van der Waals surface area contributed by atoms with Crippen LogP contribution in [-0.2, 0) is 44.8 Å². The zero-order valence-electron chi connectivity index (χ0n) is 47.1. The molecule has 3 aliphatic rings. The van der Waals surface area contributed by atoms with Crippen molar-refractivity contribution in [3.05, 3.63) is 35.9 Å². The Morgan fingerprint density at radius 3 is 1.53 bits per heavy atom. The molecule has 0 aliphatic heterocycles. The molecule has 3 saturated carbocycles. The van der Waals surface area contributed by atoms with E-state index in [-0.39, 0.29) is 43.0 Å². The summed E-state index contributed by atoms with van der Waals surface area (Å²) in [6.45, 7) is 4.39. The molecular formula is C58H99N11O9. The summed E-state index contributed by atoms with van der Waals surface area (Å²) in [4.78, 5) is 110. The van der Waals surface area contributed by atoms with Crippen LogP contribution in [0, 0.1) is 23.7 Å². The minimum atomic E-state index is -1.52. The van der Waals surface area contributed by atoms with Gasteiger partial charge in [0.05, 0.1) is 18.5 Å². The molecule has 0 heterocycles. The van der Waals surface area contributed by atoms with Gasteiger partial charge in [0.1, 0.15) is 30.2 Å². The molecule has 0 aromatic heterocycles. The standard InChI is InChI=1S/C58H99N11O9/c1-3-38(2)51(57(76)65-45(58(77)78)29-17-19-31-60)69-56(75)49(36-50(62)70)68-53(72)46(33-40-22-10-5-11-23-40)63-37-43(28-16-18-30-59)64-54(73)47(34-41-24-12-6-13-25-41)67-55(74)48(35-42-26-14-7-15-27-42)66-52(71)44(61)32-39-20-8-4-9-21-39/h5,10-11,22-23,38-39,41-49,51,63H,3-4,6-9,12-21,24-37,59-61H2,1-2H3,(H2,62,70)(H,64,73)(H,65,76)(H,66,71)(H,67,74)(H,68,72)(H,69,75)(H,77,78)/t38-,43-,44-,45-,46-,47-,48-,49-,51-/m0/s1. The Hall–Kier alpha value is -5.18. The lowest BCUT2D eigenvalue weighted by Crippen LogP contribution is -2.60. The number of nitrogens with two attached hydrogens (primary N) is 4. The molecule has 3 fully saturated rings. The highest BCUT2D eigenvalue weighted by Gasteiger charge is 2.36. The second-order valence-electron chi connectivity index (χ2n) is 22.9. The van der Waals surface area contributed by atoms with Gasteiger partial charge in [0.2, 0.25) is 41.4 Å². The number of hydrogen-bond donors (Lipinski definition) is 12. The Bertz CT molecular complexity index is 2000. The van der Waals surface area contributed by atoms with Crippen LogP contribution in [0.5, 0.6) is 0 Å². The van der Waals surface area contributed by atoms with Crippen LogP contribution in [-0.4, -0.2) is 120 Å². The molecule has 0 radical (unpaired) electrons. The molecule has 1 aromatic carbocycles. The van der Waals surface area contributed by atoms with Gasteiger partial charge in [-0.05, 0) is 100 Å². The van der Waals surface area contributed by atoms with E-state index in [9.17, 15) is 43.5 Å². The van der Waals surface area contributed by atoms with Crippen molar-refractivity contribution in [1.82, 2.24) is 37.2 Å². The van der Waals surface area contributed by atoms with Crippen molar-refractivity contribution in [3.63, 3.8) is 0 Å². The average molecular weight is 1090 g/mol. The maximum atomic E-state index is 14.8. The fraction of sp³-hybridized carbons (Fsp3) is 0.759. The van der Waals surface area contributed by atoms with Crippen LogP contribution in [0.3, 0.4) is 0 Å². The van der Waals surface area contributed by atoms with Gasteiger partial charge < -0.3 is 65.3 Å². The normalized spacial score (nSPS) is 19.0. The van der Waals surface area contributed by atoms with Crippen LogP contribution in [0.15, 0.2) is 30.3 Å². The first-order valence-electron chi connectivity index (χ1n) is 29.8. The van der Waals surface area contributed by atoms with E-state index in [1.54, 1.807) is 13.8 Å². The second kappa shape index (κ2) is 36.2. The quantitative estimate of drug-likeness (QED) is 0.0428. The van der Waals surface area contributed by atoms with Gasteiger partial charge >= 0.3 is 5.97 Å². The smallest absolute Gasteiger partial charge is 0.326 e. The molecule has 3 aliphatic carbocycles. The van der Waals surface area contributed by atoms with Gasteiger partial charge in [-0.2, -0.15) is 0 Å². The number of aliphatic carboxylic acids is 1. The molecule has 7 amide bonds. The number of benzene rings is 1. The van der Waals surface area contributed by atoms with Crippen molar-refractivity contribution in [3.8, 4) is 0 Å². The third-order valence-electron chi connectivity index (χ3n) is 16.5. The molecule has 0 unspecified atom stereocenters. The summed E-state index contributed by atoms with van der Waals surface area (Å²) < 4.78 is 0. The van der Waals surface area contributed by atoms with Crippen molar-refractivity contribution in [2.24, 2.45) is 46.6 Å². The summed E-state index contributed by atoms with van der Waals surface area (Å²) in [5.74, 6) is -5.16. The zero-order valence-corrected chi connectivity index (χ0v) is 47.1. The fourth-order valence-corrected chi connectivity index (χ4v) is 11.5.